The Hall–Kier alpha value is -3.40. The molecular weight excluding hydrogens is 370 g/mol. The number of aromatic nitrogens is 2. The quantitative estimate of drug-likeness (QED) is 0.331. The van der Waals surface area contributed by atoms with Crippen molar-refractivity contribution in [3.63, 3.8) is 0 Å². The zero-order chi connectivity index (χ0) is 20.8. The number of fused-ring (bicyclic) bond motifs is 1. The molecule has 0 unspecified atom stereocenters. The summed E-state index contributed by atoms with van der Waals surface area (Å²) in [6, 6.07) is 26.2. The largest absolute Gasteiger partial charge is 0.438 e. The van der Waals surface area contributed by atoms with E-state index in [9.17, 15) is 0 Å². The monoisotopic (exact) mass is 397 g/mol. The Bertz CT molecular complexity index is 1090. The van der Waals surface area contributed by atoms with Crippen molar-refractivity contribution in [2.24, 2.45) is 0 Å². The first-order valence-electron chi connectivity index (χ1n) is 10.6. The van der Waals surface area contributed by atoms with Gasteiger partial charge in [0.05, 0.1) is 10.9 Å². The zero-order valence-corrected chi connectivity index (χ0v) is 17.6. The lowest BCUT2D eigenvalue weighted by Gasteiger charge is -2.23. The number of hydrogen-bond acceptors (Lipinski definition) is 4. The molecule has 30 heavy (non-hydrogen) atoms. The highest BCUT2D eigenvalue weighted by Crippen LogP contribution is 2.30. The Morgan fingerprint density at radius 3 is 2.10 bits per heavy atom. The average Bonchev–Trinajstić information content (AvgIpc) is 2.80. The van der Waals surface area contributed by atoms with E-state index >= 15 is 0 Å². The zero-order valence-electron chi connectivity index (χ0n) is 17.6. The summed E-state index contributed by atoms with van der Waals surface area (Å²) in [6.07, 6.45) is 2.27. The van der Waals surface area contributed by atoms with Crippen LogP contribution in [0.1, 0.15) is 26.7 Å². The van der Waals surface area contributed by atoms with E-state index in [1.54, 1.807) is 0 Å². The number of ether oxygens (including phenoxy) is 1. The van der Waals surface area contributed by atoms with E-state index < -0.39 is 0 Å². The molecule has 4 rings (SSSR count). The molecule has 0 aliphatic carbocycles. The maximum atomic E-state index is 6.12. The highest BCUT2D eigenvalue weighted by Gasteiger charge is 2.12. The third kappa shape index (κ3) is 4.43. The van der Waals surface area contributed by atoms with Crippen LogP contribution in [0.25, 0.3) is 22.3 Å². The lowest BCUT2D eigenvalue weighted by molar-refractivity contribution is 0.469. The molecule has 0 saturated heterocycles. The summed E-state index contributed by atoms with van der Waals surface area (Å²) in [5.74, 6) is 2.01. The predicted molar refractivity (Wildman–Crippen MR) is 124 cm³/mol. The number of benzene rings is 3. The Morgan fingerprint density at radius 1 is 0.733 bits per heavy atom. The lowest BCUT2D eigenvalue weighted by Crippen LogP contribution is -2.24. The standard InChI is InChI=1S/C26H27N3O/c1-3-18-29(19-4-2)21-16-14-20(15-17-21)25-27-24-13-9-8-12-23(24)26(28-25)30-22-10-6-5-7-11-22/h5-17H,3-4,18-19H2,1-2H3. The van der Waals surface area contributed by atoms with Crippen LogP contribution in [-0.2, 0) is 0 Å². The number of anilines is 1. The van der Waals surface area contributed by atoms with Crippen LogP contribution in [0.4, 0.5) is 5.69 Å². The fourth-order valence-corrected chi connectivity index (χ4v) is 3.59. The van der Waals surface area contributed by atoms with Crippen molar-refractivity contribution in [3.8, 4) is 23.0 Å². The Labute approximate surface area is 178 Å². The van der Waals surface area contributed by atoms with Crippen molar-refractivity contribution in [1.29, 1.82) is 0 Å². The maximum Gasteiger partial charge on any atom is 0.230 e. The number of rotatable bonds is 8. The average molecular weight is 398 g/mol. The summed E-state index contributed by atoms with van der Waals surface area (Å²) in [6.45, 7) is 6.56. The Morgan fingerprint density at radius 2 is 1.40 bits per heavy atom. The molecule has 0 atom stereocenters. The SMILES string of the molecule is CCCN(CCC)c1ccc(-c2nc(Oc3ccccc3)c3ccccc3n2)cc1. The van der Waals surface area contributed by atoms with E-state index in [1.807, 2.05) is 54.6 Å². The van der Waals surface area contributed by atoms with Crippen LogP contribution in [0, 0.1) is 0 Å². The van der Waals surface area contributed by atoms with Crippen LogP contribution in [0.2, 0.25) is 0 Å². The lowest BCUT2D eigenvalue weighted by atomic mass is 10.1. The van der Waals surface area contributed by atoms with Gasteiger partial charge in [-0.25, -0.2) is 4.98 Å². The van der Waals surface area contributed by atoms with E-state index in [2.05, 4.69) is 43.0 Å². The van der Waals surface area contributed by atoms with E-state index in [0.29, 0.717) is 11.7 Å². The van der Waals surface area contributed by atoms with E-state index in [1.165, 1.54) is 5.69 Å². The molecule has 1 heterocycles. The molecule has 0 aliphatic heterocycles. The highest BCUT2D eigenvalue weighted by molar-refractivity contribution is 5.85. The van der Waals surface area contributed by atoms with Gasteiger partial charge in [0.1, 0.15) is 5.75 Å². The van der Waals surface area contributed by atoms with Gasteiger partial charge < -0.3 is 9.64 Å². The summed E-state index contributed by atoms with van der Waals surface area (Å²) in [4.78, 5) is 12.0. The molecule has 0 N–H and O–H groups in total. The molecule has 4 aromatic rings. The third-order valence-corrected chi connectivity index (χ3v) is 5.00. The molecule has 1 aromatic heterocycles. The molecule has 4 nitrogen and oxygen atoms in total. The van der Waals surface area contributed by atoms with Gasteiger partial charge in [0.2, 0.25) is 5.88 Å². The van der Waals surface area contributed by atoms with Crippen LogP contribution in [0.3, 0.4) is 0 Å². The summed E-state index contributed by atoms with van der Waals surface area (Å²) < 4.78 is 6.12. The molecule has 0 fully saturated rings. The van der Waals surface area contributed by atoms with Crippen molar-refractivity contribution in [2.75, 3.05) is 18.0 Å². The molecule has 0 saturated carbocycles. The second kappa shape index (κ2) is 9.40. The first-order valence-corrected chi connectivity index (χ1v) is 10.6. The van der Waals surface area contributed by atoms with Gasteiger partial charge in [0, 0.05) is 24.3 Å². The molecular formula is C26H27N3O. The topological polar surface area (TPSA) is 38.2 Å². The summed E-state index contributed by atoms with van der Waals surface area (Å²) >= 11 is 0. The van der Waals surface area contributed by atoms with Gasteiger partial charge in [-0.2, -0.15) is 4.98 Å². The van der Waals surface area contributed by atoms with Crippen LogP contribution < -0.4 is 9.64 Å². The number of nitrogens with zero attached hydrogens (tertiary/aromatic N) is 3. The number of hydrogen-bond donors (Lipinski definition) is 0. The third-order valence-electron chi connectivity index (χ3n) is 5.00. The summed E-state index contributed by atoms with van der Waals surface area (Å²) in [7, 11) is 0. The fourth-order valence-electron chi connectivity index (χ4n) is 3.59. The van der Waals surface area contributed by atoms with Gasteiger partial charge >= 0.3 is 0 Å². The van der Waals surface area contributed by atoms with Gasteiger partial charge in [0.15, 0.2) is 5.82 Å². The first kappa shape index (κ1) is 19.9. The second-order valence-electron chi connectivity index (χ2n) is 7.32. The molecule has 4 heteroatoms. The van der Waals surface area contributed by atoms with Gasteiger partial charge in [-0.3, -0.25) is 0 Å². The molecule has 0 amide bonds. The Kier molecular flexibility index (Phi) is 6.23. The minimum absolute atomic E-state index is 0.574. The van der Waals surface area contributed by atoms with E-state index in [4.69, 9.17) is 14.7 Å². The minimum Gasteiger partial charge on any atom is -0.438 e. The van der Waals surface area contributed by atoms with Crippen molar-refractivity contribution in [1.82, 2.24) is 9.97 Å². The molecule has 0 aliphatic rings. The molecule has 0 spiro atoms. The van der Waals surface area contributed by atoms with Crippen LogP contribution in [0.15, 0.2) is 78.9 Å². The number of para-hydroxylation sites is 2. The molecule has 3 aromatic carbocycles. The summed E-state index contributed by atoms with van der Waals surface area (Å²) in [5, 5.41) is 0.902. The predicted octanol–water partition coefficient (Wildman–Crippen LogP) is 6.72. The van der Waals surface area contributed by atoms with Gasteiger partial charge in [-0.05, 0) is 61.4 Å². The van der Waals surface area contributed by atoms with Crippen LogP contribution in [0.5, 0.6) is 11.6 Å². The minimum atomic E-state index is 0.574. The fraction of sp³-hybridized carbons (Fsp3) is 0.231. The highest BCUT2D eigenvalue weighted by atomic mass is 16.5. The van der Waals surface area contributed by atoms with Crippen molar-refractivity contribution >= 4 is 16.6 Å². The Balaban J connectivity index is 1.70. The van der Waals surface area contributed by atoms with E-state index in [0.717, 1.165) is 48.1 Å². The molecule has 152 valence electrons. The van der Waals surface area contributed by atoms with Crippen molar-refractivity contribution in [2.45, 2.75) is 26.7 Å². The molecule has 0 radical (unpaired) electrons. The van der Waals surface area contributed by atoms with Crippen LogP contribution in [-0.4, -0.2) is 23.1 Å². The van der Waals surface area contributed by atoms with Crippen LogP contribution >= 0.6 is 0 Å². The molecule has 0 bridgehead atoms. The van der Waals surface area contributed by atoms with Gasteiger partial charge in [-0.1, -0.05) is 44.2 Å². The maximum absolute atomic E-state index is 6.12. The summed E-state index contributed by atoms with van der Waals surface area (Å²) in [5.41, 5.74) is 3.09. The second-order valence-corrected chi connectivity index (χ2v) is 7.32. The first-order chi connectivity index (χ1) is 14.8. The van der Waals surface area contributed by atoms with Gasteiger partial charge in [0.25, 0.3) is 0 Å². The van der Waals surface area contributed by atoms with Crippen molar-refractivity contribution < 1.29 is 4.74 Å². The normalized spacial score (nSPS) is 10.9. The van der Waals surface area contributed by atoms with Gasteiger partial charge in [-0.15, -0.1) is 0 Å². The van der Waals surface area contributed by atoms with Crippen molar-refractivity contribution in [3.05, 3.63) is 78.9 Å². The van der Waals surface area contributed by atoms with E-state index in [-0.39, 0.29) is 0 Å². The smallest absolute Gasteiger partial charge is 0.230 e.